The van der Waals surface area contributed by atoms with Crippen LogP contribution >= 0.6 is 11.6 Å². The van der Waals surface area contributed by atoms with E-state index in [9.17, 15) is 14.9 Å². The molecule has 0 saturated carbocycles. The van der Waals surface area contributed by atoms with Crippen molar-refractivity contribution in [2.45, 2.75) is 6.92 Å². The Morgan fingerprint density at radius 3 is 2.84 bits per heavy atom. The van der Waals surface area contributed by atoms with E-state index in [1.54, 1.807) is 13.0 Å². The standard InChI is InChI=1S/C12H9ClN2O4/c1-2-19-12(16)9(7-14)5-8-6-10(13)3-4-11(8)15(17)18/h3-6H,2H2,1H3/b9-5-. The summed E-state index contributed by atoms with van der Waals surface area (Å²) in [6.45, 7) is 1.70. The highest BCUT2D eigenvalue weighted by molar-refractivity contribution is 6.30. The fourth-order valence-electron chi connectivity index (χ4n) is 1.31. The Morgan fingerprint density at radius 2 is 2.32 bits per heavy atom. The maximum atomic E-state index is 11.4. The molecule has 19 heavy (non-hydrogen) atoms. The Hall–Kier alpha value is -2.39. The van der Waals surface area contributed by atoms with Crippen LogP contribution in [-0.2, 0) is 9.53 Å². The van der Waals surface area contributed by atoms with E-state index in [1.807, 2.05) is 0 Å². The fourth-order valence-corrected chi connectivity index (χ4v) is 1.49. The van der Waals surface area contributed by atoms with E-state index in [0.29, 0.717) is 0 Å². The quantitative estimate of drug-likeness (QED) is 0.278. The molecule has 7 heteroatoms. The van der Waals surface area contributed by atoms with Crippen LogP contribution in [0.25, 0.3) is 6.08 Å². The first kappa shape index (κ1) is 14.7. The second-order valence-corrected chi connectivity index (χ2v) is 3.79. The average molecular weight is 281 g/mol. The molecule has 0 amide bonds. The third-order valence-electron chi connectivity index (χ3n) is 2.10. The minimum absolute atomic E-state index is 0.0714. The topological polar surface area (TPSA) is 93.2 Å². The van der Waals surface area contributed by atoms with Crippen molar-refractivity contribution in [2.24, 2.45) is 0 Å². The Balaban J connectivity index is 3.29. The molecule has 0 bridgehead atoms. The zero-order valence-corrected chi connectivity index (χ0v) is 10.7. The third-order valence-corrected chi connectivity index (χ3v) is 2.34. The van der Waals surface area contributed by atoms with E-state index in [0.717, 1.165) is 6.08 Å². The summed E-state index contributed by atoms with van der Waals surface area (Å²) in [6.07, 6.45) is 1.09. The second-order valence-electron chi connectivity index (χ2n) is 3.35. The lowest BCUT2D eigenvalue weighted by Crippen LogP contribution is -2.06. The van der Waals surface area contributed by atoms with Gasteiger partial charge in [-0.2, -0.15) is 5.26 Å². The van der Waals surface area contributed by atoms with E-state index < -0.39 is 10.9 Å². The first-order valence-corrected chi connectivity index (χ1v) is 5.60. The molecule has 0 spiro atoms. The molecule has 0 aromatic heterocycles. The molecule has 1 rings (SSSR count). The van der Waals surface area contributed by atoms with Gasteiger partial charge in [0, 0.05) is 11.1 Å². The number of nitriles is 1. The van der Waals surface area contributed by atoms with Gasteiger partial charge in [0.2, 0.25) is 0 Å². The average Bonchev–Trinajstić information content (AvgIpc) is 2.35. The van der Waals surface area contributed by atoms with Gasteiger partial charge in [0.05, 0.1) is 17.1 Å². The van der Waals surface area contributed by atoms with Crippen LogP contribution in [0.15, 0.2) is 23.8 Å². The number of nitrogens with zero attached hydrogens (tertiary/aromatic N) is 2. The van der Waals surface area contributed by atoms with Crippen molar-refractivity contribution in [1.29, 1.82) is 5.26 Å². The molecule has 0 fully saturated rings. The van der Waals surface area contributed by atoms with Crippen molar-refractivity contribution < 1.29 is 14.5 Å². The molecule has 1 aromatic rings. The lowest BCUT2D eigenvalue weighted by molar-refractivity contribution is -0.385. The summed E-state index contributed by atoms with van der Waals surface area (Å²) in [4.78, 5) is 21.6. The number of esters is 1. The highest BCUT2D eigenvalue weighted by Crippen LogP contribution is 2.25. The summed E-state index contributed by atoms with van der Waals surface area (Å²) in [5.41, 5.74) is -0.504. The van der Waals surface area contributed by atoms with E-state index in [2.05, 4.69) is 4.74 Å². The zero-order valence-electron chi connectivity index (χ0n) is 9.92. The fraction of sp³-hybridized carbons (Fsp3) is 0.167. The highest BCUT2D eigenvalue weighted by atomic mass is 35.5. The van der Waals surface area contributed by atoms with Gasteiger partial charge in [-0.15, -0.1) is 0 Å². The predicted molar refractivity (Wildman–Crippen MR) is 68.3 cm³/mol. The Morgan fingerprint density at radius 1 is 1.63 bits per heavy atom. The number of carbonyl (C=O) groups excluding carboxylic acids is 1. The van der Waals surface area contributed by atoms with Crippen molar-refractivity contribution in [1.82, 2.24) is 0 Å². The summed E-state index contributed by atoms with van der Waals surface area (Å²) in [6, 6.07) is 5.50. The molecule has 0 unspecified atom stereocenters. The molecule has 0 aliphatic rings. The number of nitro groups is 1. The van der Waals surface area contributed by atoms with Crippen LogP contribution < -0.4 is 0 Å². The largest absolute Gasteiger partial charge is 0.462 e. The maximum Gasteiger partial charge on any atom is 0.348 e. The van der Waals surface area contributed by atoms with Crippen molar-refractivity contribution in [2.75, 3.05) is 6.61 Å². The summed E-state index contributed by atoms with van der Waals surface area (Å²) in [7, 11) is 0. The molecule has 1 aromatic carbocycles. The SMILES string of the molecule is CCOC(=O)/C(C#N)=C\c1cc(Cl)ccc1[N+](=O)[O-]. The molecule has 0 heterocycles. The van der Waals surface area contributed by atoms with Gasteiger partial charge in [0.1, 0.15) is 11.6 Å². The van der Waals surface area contributed by atoms with E-state index >= 15 is 0 Å². The van der Waals surface area contributed by atoms with Crippen LogP contribution in [0.5, 0.6) is 0 Å². The summed E-state index contributed by atoms with van der Waals surface area (Å²) in [5, 5.41) is 20.0. The Labute approximate surface area is 114 Å². The number of nitro benzene ring substituents is 1. The van der Waals surface area contributed by atoms with E-state index in [1.165, 1.54) is 18.2 Å². The van der Waals surface area contributed by atoms with Gasteiger partial charge >= 0.3 is 5.97 Å². The van der Waals surface area contributed by atoms with Gasteiger partial charge in [-0.1, -0.05) is 11.6 Å². The smallest absolute Gasteiger partial charge is 0.348 e. The van der Waals surface area contributed by atoms with Crippen molar-refractivity contribution >= 4 is 29.3 Å². The number of rotatable bonds is 4. The molecular formula is C12H9ClN2O4. The number of hydrogen-bond donors (Lipinski definition) is 0. The van der Waals surface area contributed by atoms with Crippen LogP contribution in [0.4, 0.5) is 5.69 Å². The van der Waals surface area contributed by atoms with Crippen molar-refractivity contribution in [3.63, 3.8) is 0 Å². The summed E-state index contributed by atoms with van der Waals surface area (Å²) >= 11 is 5.74. The number of ether oxygens (including phenoxy) is 1. The van der Waals surface area contributed by atoms with Gasteiger partial charge in [0.15, 0.2) is 0 Å². The minimum Gasteiger partial charge on any atom is -0.462 e. The number of hydrogen-bond acceptors (Lipinski definition) is 5. The molecule has 0 N–H and O–H groups in total. The summed E-state index contributed by atoms with van der Waals surface area (Å²) < 4.78 is 4.67. The second kappa shape index (κ2) is 6.52. The van der Waals surface area contributed by atoms with E-state index in [-0.39, 0.29) is 28.5 Å². The lowest BCUT2D eigenvalue weighted by Gasteiger charge is -2.01. The normalized spacial score (nSPS) is 10.7. The molecule has 6 nitrogen and oxygen atoms in total. The third kappa shape index (κ3) is 3.79. The maximum absolute atomic E-state index is 11.4. The first-order valence-electron chi connectivity index (χ1n) is 5.22. The molecule has 0 radical (unpaired) electrons. The molecular weight excluding hydrogens is 272 g/mol. The van der Waals surface area contributed by atoms with Gasteiger partial charge in [-0.3, -0.25) is 10.1 Å². The van der Waals surface area contributed by atoms with Crippen molar-refractivity contribution in [3.05, 3.63) is 44.5 Å². The minimum atomic E-state index is -0.834. The number of benzene rings is 1. The zero-order chi connectivity index (χ0) is 14.4. The van der Waals surface area contributed by atoms with Crippen molar-refractivity contribution in [3.8, 4) is 6.07 Å². The van der Waals surface area contributed by atoms with Gasteiger partial charge in [0.25, 0.3) is 5.69 Å². The first-order chi connectivity index (χ1) is 8.99. The van der Waals surface area contributed by atoms with Crippen LogP contribution in [0.1, 0.15) is 12.5 Å². The Kier molecular flexibility index (Phi) is 5.03. The van der Waals surface area contributed by atoms with Gasteiger partial charge < -0.3 is 4.74 Å². The van der Waals surface area contributed by atoms with Crippen LogP contribution in [0.2, 0.25) is 5.02 Å². The monoisotopic (exact) mass is 280 g/mol. The number of carbonyl (C=O) groups is 1. The summed E-state index contributed by atoms with van der Waals surface area (Å²) in [5.74, 6) is -0.834. The van der Waals surface area contributed by atoms with Gasteiger partial charge in [-0.05, 0) is 25.1 Å². The van der Waals surface area contributed by atoms with Crippen LogP contribution in [0.3, 0.4) is 0 Å². The molecule has 0 atom stereocenters. The Bertz CT molecular complexity index is 590. The molecule has 0 aliphatic carbocycles. The highest BCUT2D eigenvalue weighted by Gasteiger charge is 2.16. The molecule has 0 aliphatic heterocycles. The molecule has 0 saturated heterocycles. The molecule has 98 valence electrons. The van der Waals surface area contributed by atoms with E-state index in [4.69, 9.17) is 16.9 Å². The van der Waals surface area contributed by atoms with Crippen LogP contribution in [-0.4, -0.2) is 17.5 Å². The van der Waals surface area contributed by atoms with Crippen LogP contribution in [0, 0.1) is 21.4 Å². The van der Waals surface area contributed by atoms with Gasteiger partial charge in [-0.25, -0.2) is 4.79 Å². The predicted octanol–water partition coefficient (Wildman–Crippen LogP) is 2.72. The number of halogens is 1. The lowest BCUT2D eigenvalue weighted by atomic mass is 10.1.